The lowest BCUT2D eigenvalue weighted by Crippen LogP contribution is -2.30. The molecule has 14 heavy (non-hydrogen) atoms. The van der Waals surface area contributed by atoms with Crippen LogP contribution in [0.3, 0.4) is 0 Å². The maximum absolute atomic E-state index is 5.85. The molecule has 1 aromatic heterocycles. The summed E-state index contributed by atoms with van der Waals surface area (Å²) in [7, 11) is -1.56. The van der Waals surface area contributed by atoms with Gasteiger partial charge in [-0.1, -0.05) is 0 Å². The van der Waals surface area contributed by atoms with Crippen LogP contribution < -0.4 is 9.74 Å². The minimum atomic E-state index is -1.56. The second-order valence-electron chi connectivity index (χ2n) is 4.53. The molecule has 0 spiro atoms. The van der Waals surface area contributed by atoms with Crippen LogP contribution in [-0.2, 0) is 13.0 Å². The van der Waals surface area contributed by atoms with Crippen molar-refractivity contribution in [2.45, 2.75) is 32.6 Å². The molecule has 1 aromatic rings. The van der Waals surface area contributed by atoms with E-state index in [9.17, 15) is 0 Å². The van der Waals surface area contributed by atoms with Crippen molar-refractivity contribution in [2.24, 2.45) is 0 Å². The van der Waals surface area contributed by atoms with Crippen LogP contribution in [0.5, 0.6) is 5.88 Å². The fourth-order valence-electron chi connectivity index (χ4n) is 1.50. The predicted molar refractivity (Wildman–Crippen MR) is 55.9 cm³/mol. The summed E-state index contributed by atoms with van der Waals surface area (Å²) in [5.74, 6) is 1.66. The molecule has 0 unspecified atom stereocenters. The highest BCUT2D eigenvalue weighted by Crippen LogP contribution is 2.26. The molecule has 1 N–H and O–H groups in total. The number of aromatic nitrogens is 1. The molecule has 0 radical (unpaired) electrons. The molecule has 1 aliphatic heterocycles. The first-order valence-electron chi connectivity index (χ1n) is 4.93. The number of fused-ring (bicyclic) bond motifs is 1. The molecule has 0 aromatic carbocycles. The lowest BCUT2D eigenvalue weighted by atomic mass is 10.1. The van der Waals surface area contributed by atoms with Crippen LogP contribution >= 0.6 is 0 Å². The molecular weight excluding hydrogens is 196 g/mol. The normalized spacial score (nSPS) is 16.5. The summed E-state index contributed by atoms with van der Waals surface area (Å²) in [6, 6.07) is 0. The summed E-state index contributed by atoms with van der Waals surface area (Å²) in [6.45, 7) is 8.20. The van der Waals surface area contributed by atoms with Crippen molar-refractivity contribution in [1.82, 2.24) is 10.5 Å². The Kier molecular flexibility index (Phi) is 2.36. The monoisotopic (exact) mass is 212 g/mol. The zero-order valence-electron chi connectivity index (χ0n) is 8.89. The fourth-order valence-corrected chi connectivity index (χ4v) is 2.24. The van der Waals surface area contributed by atoms with Gasteiger partial charge in [0, 0.05) is 0 Å². The van der Waals surface area contributed by atoms with E-state index in [1.807, 2.05) is 0 Å². The first-order chi connectivity index (χ1) is 6.56. The molecule has 1 aliphatic rings. The van der Waals surface area contributed by atoms with E-state index in [4.69, 9.17) is 8.95 Å². The van der Waals surface area contributed by atoms with E-state index in [0.717, 1.165) is 36.7 Å². The Morgan fingerprint density at radius 3 is 2.93 bits per heavy atom. The van der Waals surface area contributed by atoms with Gasteiger partial charge in [0.15, 0.2) is 5.76 Å². The van der Waals surface area contributed by atoms with Crippen LogP contribution in [0.15, 0.2) is 4.52 Å². The highest BCUT2D eigenvalue weighted by atomic mass is 28.4. The molecule has 0 aliphatic carbocycles. The van der Waals surface area contributed by atoms with Gasteiger partial charge in [-0.2, -0.15) is 0 Å². The lowest BCUT2D eigenvalue weighted by Gasteiger charge is -2.18. The molecule has 4 nitrogen and oxygen atoms in total. The van der Waals surface area contributed by atoms with Crippen molar-refractivity contribution in [3.63, 3.8) is 0 Å². The number of nitrogens with zero attached hydrogens (tertiary/aromatic N) is 1. The highest BCUT2D eigenvalue weighted by Gasteiger charge is 2.25. The summed E-state index contributed by atoms with van der Waals surface area (Å²) < 4.78 is 11.1. The van der Waals surface area contributed by atoms with Gasteiger partial charge in [0.25, 0.3) is 0 Å². The van der Waals surface area contributed by atoms with Crippen molar-refractivity contribution in [3.05, 3.63) is 11.3 Å². The zero-order chi connectivity index (χ0) is 10.2. The van der Waals surface area contributed by atoms with Gasteiger partial charge >= 0.3 is 0 Å². The lowest BCUT2D eigenvalue weighted by molar-refractivity contribution is 0.349. The number of nitrogens with one attached hydrogen (secondary N) is 1. The summed E-state index contributed by atoms with van der Waals surface area (Å²) in [5.41, 5.74) is 1.16. The summed E-state index contributed by atoms with van der Waals surface area (Å²) in [5, 5.41) is 7.22. The van der Waals surface area contributed by atoms with E-state index in [1.54, 1.807) is 0 Å². The zero-order valence-corrected chi connectivity index (χ0v) is 9.89. The van der Waals surface area contributed by atoms with Crippen LogP contribution in [0, 0.1) is 0 Å². The minimum Gasteiger partial charge on any atom is -0.529 e. The number of rotatable bonds is 2. The predicted octanol–water partition coefficient (Wildman–Crippen LogP) is 1.53. The van der Waals surface area contributed by atoms with Crippen LogP contribution in [-0.4, -0.2) is 20.0 Å². The molecule has 5 heteroatoms. The van der Waals surface area contributed by atoms with E-state index in [0.29, 0.717) is 0 Å². The van der Waals surface area contributed by atoms with Crippen molar-refractivity contribution < 1.29 is 8.95 Å². The van der Waals surface area contributed by atoms with E-state index >= 15 is 0 Å². The third-order valence-corrected chi connectivity index (χ3v) is 2.88. The third kappa shape index (κ3) is 1.98. The minimum absolute atomic E-state index is 0.723. The quantitative estimate of drug-likeness (QED) is 0.755. The molecule has 78 valence electrons. The Labute approximate surface area is 84.7 Å². The Bertz CT molecular complexity index is 330. The van der Waals surface area contributed by atoms with Crippen molar-refractivity contribution >= 4 is 8.32 Å². The summed E-state index contributed by atoms with van der Waals surface area (Å²) in [4.78, 5) is 0. The first-order valence-corrected chi connectivity index (χ1v) is 8.34. The van der Waals surface area contributed by atoms with Crippen LogP contribution in [0.2, 0.25) is 19.6 Å². The molecule has 0 saturated heterocycles. The third-order valence-electron chi connectivity index (χ3n) is 2.07. The van der Waals surface area contributed by atoms with E-state index in [2.05, 4.69) is 30.1 Å². The smallest absolute Gasteiger partial charge is 0.244 e. The number of hydrogen-bond acceptors (Lipinski definition) is 4. The Morgan fingerprint density at radius 2 is 2.21 bits per heavy atom. The standard InChI is InChI=1S/C9H16N2O2Si/c1-14(2,3)13-9-7-4-5-10-6-8(7)12-11-9/h10H,4-6H2,1-3H3. The summed E-state index contributed by atoms with van der Waals surface area (Å²) >= 11 is 0. The Balaban J connectivity index is 2.22. The van der Waals surface area contributed by atoms with Crippen LogP contribution in [0.1, 0.15) is 11.3 Å². The van der Waals surface area contributed by atoms with Gasteiger partial charge in [0.1, 0.15) is 0 Å². The highest BCUT2D eigenvalue weighted by molar-refractivity contribution is 6.70. The van der Waals surface area contributed by atoms with Gasteiger partial charge in [-0.05, 0) is 37.8 Å². The first kappa shape index (κ1) is 9.73. The molecule has 0 fully saturated rings. The van der Waals surface area contributed by atoms with Crippen molar-refractivity contribution in [2.75, 3.05) is 6.54 Å². The van der Waals surface area contributed by atoms with Gasteiger partial charge in [0.2, 0.25) is 14.2 Å². The average molecular weight is 212 g/mol. The topological polar surface area (TPSA) is 47.3 Å². The van der Waals surface area contributed by atoms with Crippen LogP contribution in [0.4, 0.5) is 0 Å². The molecule has 0 bridgehead atoms. The van der Waals surface area contributed by atoms with E-state index in [1.165, 1.54) is 0 Å². The largest absolute Gasteiger partial charge is 0.529 e. The molecule has 0 saturated carbocycles. The molecule has 2 rings (SSSR count). The maximum atomic E-state index is 5.85. The SMILES string of the molecule is C[Si](C)(C)Oc1noc2c1CCNC2. The van der Waals surface area contributed by atoms with Crippen molar-refractivity contribution in [3.8, 4) is 5.88 Å². The number of hydrogen-bond donors (Lipinski definition) is 1. The van der Waals surface area contributed by atoms with E-state index in [-0.39, 0.29) is 0 Å². The Morgan fingerprint density at radius 1 is 1.43 bits per heavy atom. The van der Waals surface area contributed by atoms with Gasteiger partial charge in [-0.25, -0.2) is 0 Å². The molecule has 0 atom stereocenters. The van der Waals surface area contributed by atoms with Gasteiger partial charge in [0.05, 0.1) is 12.1 Å². The Hall–Kier alpha value is -0.813. The van der Waals surface area contributed by atoms with E-state index < -0.39 is 8.32 Å². The van der Waals surface area contributed by atoms with Crippen LogP contribution in [0.25, 0.3) is 0 Å². The molecule has 0 amide bonds. The van der Waals surface area contributed by atoms with Gasteiger partial charge in [-0.3, -0.25) is 0 Å². The second kappa shape index (κ2) is 3.40. The molecule has 2 heterocycles. The fraction of sp³-hybridized carbons (Fsp3) is 0.667. The average Bonchev–Trinajstić information content (AvgIpc) is 2.47. The van der Waals surface area contributed by atoms with Gasteiger partial charge < -0.3 is 14.3 Å². The summed E-state index contributed by atoms with van der Waals surface area (Å²) in [6.07, 6.45) is 0.957. The second-order valence-corrected chi connectivity index (χ2v) is 8.96. The maximum Gasteiger partial charge on any atom is 0.244 e. The molecular formula is C9H16N2O2Si. The van der Waals surface area contributed by atoms with Gasteiger partial charge in [-0.15, -0.1) is 0 Å². The van der Waals surface area contributed by atoms with Crippen molar-refractivity contribution in [1.29, 1.82) is 0 Å².